The number of hydrazine groups is 1. The zero-order valence-corrected chi connectivity index (χ0v) is 17.6. The first kappa shape index (κ1) is 21.9. The number of halogens is 1. The van der Waals surface area contributed by atoms with Crippen LogP contribution in [0, 0.1) is 0 Å². The van der Waals surface area contributed by atoms with Gasteiger partial charge in [0.05, 0.1) is 7.11 Å². The predicted molar refractivity (Wildman–Crippen MR) is 119 cm³/mol. The molecule has 0 aliphatic rings. The van der Waals surface area contributed by atoms with Gasteiger partial charge in [-0.25, -0.2) is 10.2 Å². The number of methoxy groups -OCH3 is 1. The number of anilines is 1. The molecule has 0 aliphatic heterocycles. The highest BCUT2D eigenvalue weighted by Crippen LogP contribution is 2.33. The van der Waals surface area contributed by atoms with Crippen LogP contribution in [0.4, 0.5) is 10.5 Å². The first-order valence-corrected chi connectivity index (χ1v) is 9.67. The molecule has 0 saturated heterocycles. The van der Waals surface area contributed by atoms with Crippen LogP contribution in [0.25, 0.3) is 11.1 Å². The maximum absolute atomic E-state index is 13.0. The van der Waals surface area contributed by atoms with Crippen molar-refractivity contribution in [3.05, 3.63) is 82.9 Å². The smallest absolute Gasteiger partial charge is 0.337 e. The summed E-state index contributed by atoms with van der Waals surface area (Å²) in [5.41, 5.74) is 7.36. The molecule has 0 spiro atoms. The largest absolute Gasteiger partial charge is 0.496 e. The van der Waals surface area contributed by atoms with E-state index in [0.29, 0.717) is 27.6 Å². The molecule has 0 aliphatic carbocycles. The zero-order valence-electron chi connectivity index (χ0n) is 16.9. The summed E-state index contributed by atoms with van der Waals surface area (Å²) in [5, 5.41) is 3.13. The molecule has 0 aromatic heterocycles. The lowest BCUT2D eigenvalue weighted by Crippen LogP contribution is -2.42. The number of ketones is 1. The fourth-order valence-electron chi connectivity index (χ4n) is 2.91. The summed E-state index contributed by atoms with van der Waals surface area (Å²) >= 11 is 6.11. The Morgan fingerprint density at radius 2 is 1.58 bits per heavy atom. The second-order valence-corrected chi connectivity index (χ2v) is 7.03. The SMILES string of the molecule is COc1ccc(C(=O)c2ccc(NC(=O)NNC(C)=O)cc2)cc1-c1cccc(Cl)c1. The number of urea groups is 1. The number of amides is 3. The maximum Gasteiger partial charge on any atom is 0.337 e. The van der Waals surface area contributed by atoms with Gasteiger partial charge >= 0.3 is 6.03 Å². The van der Waals surface area contributed by atoms with Gasteiger partial charge in [0.2, 0.25) is 5.91 Å². The average molecular weight is 438 g/mol. The van der Waals surface area contributed by atoms with Gasteiger partial charge in [0.25, 0.3) is 0 Å². The van der Waals surface area contributed by atoms with Gasteiger partial charge in [-0.05, 0) is 60.2 Å². The fraction of sp³-hybridized carbons (Fsp3) is 0.0870. The van der Waals surface area contributed by atoms with Crippen molar-refractivity contribution < 1.29 is 19.1 Å². The highest BCUT2D eigenvalue weighted by molar-refractivity contribution is 6.30. The summed E-state index contributed by atoms with van der Waals surface area (Å²) in [5.74, 6) is 0.0523. The standard InChI is InChI=1S/C23H20ClN3O4/c1-14(28)26-27-23(30)25-19-9-6-15(7-10-19)22(29)17-8-11-21(31-2)20(13-17)16-4-3-5-18(24)12-16/h3-13H,1-2H3,(H,26,28)(H2,25,27,30). The monoisotopic (exact) mass is 437 g/mol. The third-order valence-corrected chi connectivity index (χ3v) is 4.59. The molecule has 3 aromatic rings. The molecular formula is C23H20ClN3O4. The van der Waals surface area contributed by atoms with Crippen LogP contribution in [-0.4, -0.2) is 24.8 Å². The third kappa shape index (κ3) is 5.61. The third-order valence-electron chi connectivity index (χ3n) is 4.35. The van der Waals surface area contributed by atoms with Crippen molar-refractivity contribution in [3.63, 3.8) is 0 Å². The Morgan fingerprint density at radius 3 is 2.23 bits per heavy atom. The number of benzene rings is 3. The second kappa shape index (κ2) is 9.77. The van der Waals surface area contributed by atoms with E-state index in [9.17, 15) is 14.4 Å². The summed E-state index contributed by atoms with van der Waals surface area (Å²) < 4.78 is 5.44. The molecule has 3 amide bonds. The molecule has 0 unspecified atom stereocenters. The van der Waals surface area contributed by atoms with E-state index < -0.39 is 11.9 Å². The van der Waals surface area contributed by atoms with Crippen LogP contribution in [0.2, 0.25) is 5.02 Å². The van der Waals surface area contributed by atoms with Gasteiger partial charge in [-0.1, -0.05) is 23.7 Å². The van der Waals surface area contributed by atoms with Crippen LogP contribution in [0.3, 0.4) is 0 Å². The molecule has 7 nitrogen and oxygen atoms in total. The van der Waals surface area contributed by atoms with Gasteiger partial charge in [-0.3, -0.25) is 15.0 Å². The van der Waals surface area contributed by atoms with Gasteiger partial charge in [0.15, 0.2) is 5.78 Å². The number of ether oxygens (including phenoxy) is 1. The summed E-state index contributed by atoms with van der Waals surface area (Å²) in [7, 11) is 1.57. The summed E-state index contributed by atoms with van der Waals surface area (Å²) in [6.07, 6.45) is 0. The van der Waals surface area contributed by atoms with Crippen molar-refractivity contribution in [2.45, 2.75) is 6.92 Å². The van der Waals surface area contributed by atoms with E-state index >= 15 is 0 Å². The molecule has 0 saturated carbocycles. The molecule has 8 heteroatoms. The number of rotatable bonds is 5. The predicted octanol–water partition coefficient (Wildman–Crippen LogP) is 4.42. The molecule has 0 radical (unpaired) electrons. The number of hydrogen-bond acceptors (Lipinski definition) is 4. The number of hydrogen-bond donors (Lipinski definition) is 3. The second-order valence-electron chi connectivity index (χ2n) is 6.59. The molecule has 0 fully saturated rings. The minimum absolute atomic E-state index is 0.180. The van der Waals surface area contributed by atoms with E-state index in [-0.39, 0.29) is 5.78 Å². The molecule has 3 N–H and O–H groups in total. The van der Waals surface area contributed by atoms with E-state index in [1.54, 1.807) is 61.7 Å². The van der Waals surface area contributed by atoms with Crippen LogP contribution >= 0.6 is 11.6 Å². The Hall–Kier alpha value is -3.84. The summed E-state index contributed by atoms with van der Waals surface area (Å²) in [6.45, 7) is 1.28. The Morgan fingerprint density at radius 1 is 0.871 bits per heavy atom. The lowest BCUT2D eigenvalue weighted by molar-refractivity contribution is -0.119. The molecule has 3 aromatic carbocycles. The molecule has 0 heterocycles. The van der Waals surface area contributed by atoms with Gasteiger partial charge in [-0.15, -0.1) is 0 Å². The Balaban J connectivity index is 1.80. The molecular weight excluding hydrogens is 418 g/mol. The van der Waals surface area contributed by atoms with E-state index in [0.717, 1.165) is 11.1 Å². The quantitative estimate of drug-likeness (QED) is 0.406. The van der Waals surface area contributed by atoms with Crippen LogP contribution < -0.4 is 20.9 Å². The highest BCUT2D eigenvalue weighted by atomic mass is 35.5. The Kier molecular flexibility index (Phi) is 6.89. The zero-order chi connectivity index (χ0) is 22.4. The van der Waals surface area contributed by atoms with Crippen molar-refractivity contribution in [2.75, 3.05) is 12.4 Å². The van der Waals surface area contributed by atoms with Crippen molar-refractivity contribution in [1.82, 2.24) is 10.9 Å². The molecule has 3 rings (SSSR count). The van der Waals surface area contributed by atoms with Gasteiger partial charge < -0.3 is 10.1 Å². The minimum atomic E-state index is -0.601. The summed E-state index contributed by atoms with van der Waals surface area (Å²) in [4.78, 5) is 35.5. The first-order valence-electron chi connectivity index (χ1n) is 9.29. The van der Waals surface area contributed by atoms with E-state index in [4.69, 9.17) is 16.3 Å². The molecule has 0 atom stereocenters. The van der Waals surface area contributed by atoms with Crippen LogP contribution in [0.15, 0.2) is 66.7 Å². The Labute approximate surface area is 184 Å². The van der Waals surface area contributed by atoms with Crippen molar-refractivity contribution in [2.24, 2.45) is 0 Å². The van der Waals surface area contributed by atoms with Gasteiger partial charge in [-0.2, -0.15) is 0 Å². The molecule has 158 valence electrons. The maximum atomic E-state index is 13.0. The Bertz CT molecular complexity index is 1130. The lowest BCUT2D eigenvalue weighted by atomic mass is 9.97. The first-order chi connectivity index (χ1) is 14.9. The van der Waals surface area contributed by atoms with Crippen molar-refractivity contribution >= 4 is 35.0 Å². The number of carbonyl (C=O) groups is 3. The normalized spacial score (nSPS) is 10.2. The van der Waals surface area contributed by atoms with Crippen LogP contribution in [-0.2, 0) is 4.79 Å². The molecule has 31 heavy (non-hydrogen) atoms. The van der Waals surface area contributed by atoms with Crippen molar-refractivity contribution in [1.29, 1.82) is 0 Å². The summed E-state index contributed by atoms with van der Waals surface area (Å²) in [6, 6.07) is 18.3. The van der Waals surface area contributed by atoms with E-state index in [2.05, 4.69) is 16.2 Å². The highest BCUT2D eigenvalue weighted by Gasteiger charge is 2.14. The van der Waals surface area contributed by atoms with Gasteiger partial charge in [0, 0.05) is 34.3 Å². The lowest BCUT2D eigenvalue weighted by Gasteiger charge is -2.12. The van der Waals surface area contributed by atoms with Crippen LogP contribution in [0.5, 0.6) is 5.75 Å². The van der Waals surface area contributed by atoms with E-state index in [1.807, 2.05) is 12.1 Å². The molecule has 0 bridgehead atoms. The minimum Gasteiger partial charge on any atom is -0.496 e. The number of carbonyl (C=O) groups excluding carboxylic acids is 3. The number of nitrogens with one attached hydrogen (secondary N) is 3. The topological polar surface area (TPSA) is 96.5 Å². The van der Waals surface area contributed by atoms with Crippen LogP contribution in [0.1, 0.15) is 22.8 Å². The fourth-order valence-corrected chi connectivity index (χ4v) is 3.10. The van der Waals surface area contributed by atoms with Gasteiger partial charge in [0.1, 0.15) is 5.75 Å². The van der Waals surface area contributed by atoms with Crippen molar-refractivity contribution in [3.8, 4) is 16.9 Å². The average Bonchev–Trinajstić information content (AvgIpc) is 2.77. The van der Waals surface area contributed by atoms with E-state index in [1.165, 1.54) is 6.92 Å².